The van der Waals surface area contributed by atoms with Gasteiger partial charge in [0.15, 0.2) is 0 Å². The van der Waals surface area contributed by atoms with Crippen molar-refractivity contribution in [1.29, 1.82) is 5.26 Å². The summed E-state index contributed by atoms with van der Waals surface area (Å²) in [4.78, 5) is 3.93. The second-order valence-corrected chi connectivity index (χ2v) is 13.9. The molecule has 0 radical (unpaired) electrons. The normalized spacial score (nSPS) is 11.6. The summed E-state index contributed by atoms with van der Waals surface area (Å²) in [6.07, 6.45) is 0. The van der Waals surface area contributed by atoms with Crippen molar-refractivity contribution in [2.45, 2.75) is 0 Å². The lowest BCUT2D eigenvalue weighted by Gasteiger charge is -2.16. The molecule has 0 atom stereocenters. The van der Waals surface area contributed by atoms with Crippen LogP contribution in [0, 0.1) is 17.9 Å². The Morgan fingerprint density at radius 1 is 0.436 bits per heavy atom. The van der Waals surface area contributed by atoms with Crippen molar-refractivity contribution in [2.24, 2.45) is 0 Å². The van der Waals surface area contributed by atoms with E-state index in [1.54, 1.807) is 0 Å². The van der Waals surface area contributed by atoms with Gasteiger partial charge in [0.25, 0.3) is 0 Å². The fraction of sp³-hybridized carbons (Fsp3) is 0. The van der Waals surface area contributed by atoms with Gasteiger partial charge in [-0.1, -0.05) is 121 Å². The molecule has 0 unspecified atom stereocenters. The summed E-state index contributed by atoms with van der Waals surface area (Å²) >= 11 is 0. The van der Waals surface area contributed by atoms with Gasteiger partial charge in [0.2, 0.25) is 5.69 Å². The SMILES string of the molecule is [C-]#[N+]c1cccc2c3ccccc3n(-c3ccccc3-c3ccc(-n4c5ccccc5c5ccc(-n6c7ccccc7c7ccccc76)cc54)c(C#N)c3)c12. The van der Waals surface area contributed by atoms with E-state index in [0.717, 1.165) is 82.8 Å². The van der Waals surface area contributed by atoms with Crippen molar-refractivity contribution < 1.29 is 0 Å². The van der Waals surface area contributed by atoms with Crippen molar-refractivity contribution in [1.82, 2.24) is 13.7 Å². The molecule has 0 aliphatic carbocycles. The fourth-order valence-corrected chi connectivity index (χ4v) is 8.80. The highest BCUT2D eigenvalue weighted by Gasteiger charge is 2.21. The lowest BCUT2D eigenvalue weighted by Crippen LogP contribution is -2.01. The maximum absolute atomic E-state index is 10.9. The van der Waals surface area contributed by atoms with E-state index in [2.05, 4.69) is 158 Å². The van der Waals surface area contributed by atoms with E-state index in [1.807, 2.05) is 42.5 Å². The molecule has 0 aliphatic rings. The first-order valence-corrected chi connectivity index (χ1v) is 18.3. The molecule has 8 aromatic carbocycles. The van der Waals surface area contributed by atoms with Crippen LogP contribution in [0.1, 0.15) is 5.56 Å². The van der Waals surface area contributed by atoms with Crippen LogP contribution >= 0.6 is 0 Å². The Bertz CT molecular complexity index is 3420. The molecule has 0 bridgehead atoms. The van der Waals surface area contributed by atoms with Gasteiger partial charge < -0.3 is 13.7 Å². The third-order valence-electron chi connectivity index (χ3n) is 11.1. The number of fused-ring (bicyclic) bond motifs is 9. The molecule has 0 fully saturated rings. The number of rotatable bonds is 4. The third-order valence-corrected chi connectivity index (χ3v) is 11.1. The monoisotopic (exact) mass is 699 g/mol. The van der Waals surface area contributed by atoms with Crippen molar-refractivity contribution in [3.63, 3.8) is 0 Å². The van der Waals surface area contributed by atoms with Gasteiger partial charge in [-0.2, -0.15) is 5.26 Å². The smallest absolute Gasteiger partial charge is 0.211 e. The zero-order valence-corrected chi connectivity index (χ0v) is 29.5. The molecule has 0 amide bonds. The highest BCUT2D eigenvalue weighted by atomic mass is 15.0. The molecule has 3 aromatic heterocycles. The van der Waals surface area contributed by atoms with E-state index in [4.69, 9.17) is 6.57 Å². The van der Waals surface area contributed by atoms with E-state index in [1.165, 1.54) is 10.8 Å². The predicted molar refractivity (Wildman–Crippen MR) is 226 cm³/mol. The third kappa shape index (κ3) is 4.39. The lowest BCUT2D eigenvalue weighted by molar-refractivity contribution is 1.15. The molecule has 55 heavy (non-hydrogen) atoms. The Kier molecular flexibility index (Phi) is 6.61. The first-order valence-electron chi connectivity index (χ1n) is 18.3. The zero-order chi connectivity index (χ0) is 36.6. The average Bonchev–Trinajstić information content (AvgIpc) is 3.89. The van der Waals surface area contributed by atoms with E-state index < -0.39 is 0 Å². The van der Waals surface area contributed by atoms with Gasteiger partial charge in [-0.3, -0.25) is 0 Å². The van der Waals surface area contributed by atoms with Gasteiger partial charge in [-0.25, -0.2) is 4.85 Å². The Labute approximate surface area is 316 Å². The van der Waals surface area contributed by atoms with Gasteiger partial charge >= 0.3 is 0 Å². The van der Waals surface area contributed by atoms with Gasteiger partial charge in [-0.05, 0) is 65.5 Å². The minimum atomic E-state index is 0.571. The summed E-state index contributed by atoms with van der Waals surface area (Å²) in [5.41, 5.74) is 12.2. The maximum Gasteiger partial charge on any atom is 0.211 e. The Morgan fingerprint density at radius 3 is 1.64 bits per heavy atom. The Balaban J connectivity index is 1.14. The van der Waals surface area contributed by atoms with Crippen LogP contribution in [0.4, 0.5) is 5.69 Å². The average molecular weight is 700 g/mol. The second-order valence-electron chi connectivity index (χ2n) is 13.9. The summed E-state index contributed by atoms with van der Waals surface area (Å²) in [6.45, 7) is 8.03. The van der Waals surface area contributed by atoms with E-state index in [-0.39, 0.29) is 0 Å². The summed E-state index contributed by atoms with van der Waals surface area (Å²) in [5, 5.41) is 17.7. The first kappa shape index (κ1) is 30.7. The number of benzene rings is 8. The van der Waals surface area contributed by atoms with Crippen LogP contribution in [0.2, 0.25) is 0 Å². The number of aromatic nitrogens is 3. The molecule has 0 saturated carbocycles. The zero-order valence-electron chi connectivity index (χ0n) is 29.5. The van der Waals surface area contributed by atoms with Crippen molar-refractivity contribution >= 4 is 71.1 Å². The number of nitriles is 1. The number of hydrogen-bond acceptors (Lipinski definition) is 1. The van der Waals surface area contributed by atoms with Crippen LogP contribution in [0.15, 0.2) is 176 Å². The quantitative estimate of drug-likeness (QED) is 0.169. The number of nitrogens with zero attached hydrogens (tertiary/aromatic N) is 5. The Hall–Kier alpha value is -7.86. The summed E-state index contributed by atoms with van der Waals surface area (Å²) < 4.78 is 6.78. The lowest BCUT2D eigenvalue weighted by atomic mass is 10.00. The largest absolute Gasteiger partial charge is 0.318 e. The topological polar surface area (TPSA) is 42.9 Å². The Morgan fingerprint density at radius 2 is 0.982 bits per heavy atom. The molecular formula is C50H29N5. The summed E-state index contributed by atoms with van der Waals surface area (Å²) in [5.74, 6) is 0. The molecule has 11 aromatic rings. The minimum Gasteiger partial charge on any atom is -0.318 e. The minimum absolute atomic E-state index is 0.571. The highest BCUT2D eigenvalue weighted by Crippen LogP contribution is 2.42. The highest BCUT2D eigenvalue weighted by molar-refractivity contribution is 6.14. The van der Waals surface area contributed by atoms with Crippen LogP contribution in [0.5, 0.6) is 0 Å². The molecule has 11 rings (SSSR count). The van der Waals surface area contributed by atoms with Gasteiger partial charge in [0.1, 0.15) is 6.07 Å². The standard InChI is InChI=1S/C50H29N5/c1-52-42-19-12-18-41-39-17-6-11-24-48(39)55(50(41)42)44-20-7-2-13-35(44)32-25-28-43(33(29-32)31-51)54-47-23-10-5-16-38(47)40-27-26-34(30-49(40)54)53-45-21-8-3-14-36(45)37-15-4-9-22-46(37)53/h2-30H. The van der Waals surface area contributed by atoms with Crippen molar-refractivity contribution in [3.05, 3.63) is 193 Å². The van der Waals surface area contributed by atoms with Crippen LogP contribution < -0.4 is 0 Å². The van der Waals surface area contributed by atoms with Crippen LogP contribution in [0.25, 0.3) is 98.5 Å². The van der Waals surface area contributed by atoms with Crippen LogP contribution in [-0.2, 0) is 0 Å². The summed E-state index contributed by atoms with van der Waals surface area (Å²) in [6, 6.07) is 63.5. The molecule has 0 saturated heterocycles. The van der Waals surface area contributed by atoms with Gasteiger partial charge in [0, 0.05) is 38.2 Å². The fourth-order valence-electron chi connectivity index (χ4n) is 8.80. The maximum atomic E-state index is 10.9. The van der Waals surface area contributed by atoms with Gasteiger partial charge in [0.05, 0.1) is 56.6 Å². The molecular weight excluding hydrogens is 671 g/mol. The molecule has 0 aliphatic heterocycles. The summed E-state index contributed by atoms with van der Waals surface area (Å²) in [7, 11) is 0. The van der Waals surface area contributed by atoms with Crippen LogP contribution in [0.3, 0.4) is 0 Å². The molecule has 0 N–H and O–H groups in total. The number of para-hydroxylation sites is 6. The van der Waals surface area contributed by atoms with Crippen molar-refractivity contribution in [2.75, 3.05) is 0 Å². The second kappa shape index (κ2) is 11.8. The van der Waals surface area contributed by atoms with Gasteiger partial charge in [-0.15, -0.1) is 0 Å². The molecule has 254 valence electrons. The van der Waals surface area contributed by atoms with E-state index >= 15 is 0 Å². The van der Waals surface area contributed by atoms with Crippen molar-refractivity contribution in [3.8, 4) is 34.3 Å². The van der Waals surface area contributed by atoms with Crippen LogP contribution in [-0.4, -0.2) is 13.7 Å². The van der Waals surface area contributed by atoms with E-state index in [9.17, 15) is 5.26 Å². The van der Waals surface area contributed by atoms with E-state index in [0.29, 0.717) is 11.3 Å². The molecule has 5 nitrogen and oxygen atoms in total. The first-order chi connectivity index (χ1) is 27.2. The number of hydrogen-bond donors (Lipinski definition) is 0. The molecule has 5 heteroatoms. The molecule has 0 spiro atoms. The molecule has 3 heterocycles. The predicted octanol–water partition coefficient (Wildman–Crippen LogP) is 13.1.